The van der Waals surface area contributed by atoms with Crippen LogP contribution in [-0.2, 0) is 11.3 Å². The van der Waals surface area contributed by atoms with Gasteiger partial charge in [-0.1, -0.05) is 23.7 Å². The maximum absolute atomic E-state index is 13.0. The van der Waals surface area contributed by atoms with Gasteiger partial charge in [0.2, 0.25) is 5.91 Å². The van der Waals surface area contributed by atoms with Crippen molar-refractivity contribution >= 4 is 29.2 Å². The van der Waals surface area contributed by atoms with E-state index in [-0.39, 0.29) is 30.2 Å². The first kappa shape index (κ1) is 17.2. The molecule has 0 spiro atoms. The Balaban J connectivity index is 1.51. The third kappa shape index (κ3) is 4.48. The molecule has 1 saturated heterocycles. The first-order valence-electron chi connectivity index (χ1n) is 7.86. The van der Waals surface area contributed by atoms with Crippen LogP contribution >= 0.6 is 11.6 Å². The zero-order valence-corrected chi connectivity index (χ0v) is 14.1. The highest BCUT2D eigenvalue weighted by Crippen LogP contribution is 2.21. The molecule has 1 heterocycles. The van der Waals surface area contributed by atoms with E-state index in [4.69, 9.17) is 11.6 Å². The zero-order chi connectivity index (χ0) is 17.8. The van der Waals surface area contributed by atoms with Gasteiger partial charge >= 0.3 is 6.03 Å². The van der Waals surface area contributed by atoms with Crippen LogP contribution in [0.1, 0.15) is 12.0 Å². The van der Waals surface area contributed by atoms with Crippen LogP contribution in [0.2, 0.25) is 5.02 Å². The quantitative estimate of drug-likeness (QED) is 0.879. The van der Waals surface area contributed by atoms with E-state index >= 15 is 0 Å². The smallest absolute Gasteiger partial charge is 0.315 e. The second-order valence-electron chi connectivity index (χ2n) is 5.84. The Kier molecular flexibility index (Phi) is 5.19. The lowest BCUT2D eigenvalue weighted by atomic mass is 10.2. The van der Waals surface area contributed by atoms with Crippen LogP contribution in [0, 0.1) is 5.82 Å². The molecule has 25 heavy (non-hydrogen) atoms. The fourth-order valence-corrected chi connectivity index (χ4v) is 2.82. The minimum absolute atomic E-state index is 0.102. The third-order valence-corrected chi connectivity index (χ3v) is 4.22. The normalized spacial score (nSPS) is 16.8. The molecule has 2 aromatic carbocycles. The van der Waals surface area contributed by atoms with Gasteiger partial charge in [-0.25, -0.2) is 9.18 Å². The lowest BCUT2D eigenvalue weighted by Gasteiger charge is -2.17. The molecule has 0 bridgehead atoms. The van der Waals surface area contributed by atoms with Gasteiger partial charge in [0, 0.05) is 30.2 Å². The van der Waals surface area contributed by atoms with Gasteiger partial charge < -0.3 is 15.5 Å². The number of anilines is 1. The predicted molar refractivity (Wildman–Crippen MR) is 94.0 cm³/mol. The molecule has 0 radical (unpaired) electrons. The topological polar surface area (TPSA) is 61.4 Å². The van der Waals surface area contributed by atoms with E-state index in [1.807, 2.05) is 12.1 Å². The summed E-state index contributed by atoms with van der Waals surface area (Å²) in [5.41, 5.74) is 1.55. The number of hydrogen-bond acceptors (Lipinski definition) is 2. The van der Waals surface area contributed by atoms with Crippen LogP contribution in [0.5, 0.6) is 0 Å². The number of urea groups is 1. The summed E-state index contributed by atoms with van der Waals surface area (Å²) in [4.78, 5) is 25.7. The lowest BCUT2D eigenvalue weighted by molar-refractivity contribution is -0.117. The van der Waals surface area contributed by atoms with E-state index in [1.165, 1.54) is 12.1 Å². The van der Waals surface area contributed by atoms with Gasteiger partial charge in [0.25, 0.3) is 0 Å². The highest BCUT2D eigenvalue weighted by molar-refractivity contribution is 6.30. The van der Waals surface area contributed by atoms with Crippen molar-refractivity contribution in [3.8, 4) is 0 Å². The molecule has 1 fully saturated rings. The summed E-state index contributed by atoms with van der Waals surface area (Å²) in [6.07, 6.45) is 0.214. The summed E-state index contributed by atoms with van der Waals surface area (Å²) in [5.74, 6) is -0.457. The second-order valence-corrected chi connectivity index (χ2v) is 6.27. The molecule has 1 atom stereocenters. The van der Waals surface area contributed by atoms with E-state index in [0.717, 1.165) is 5.56 Å². The molecule has 5 nitrogen and oxygen atoms in total. The average Bonchev–Trinajstić information content (AvgIpc) is 2.95. The highest BCUT2D eigenvalue weighted by atomic mass is 35.5. The molecule has 3 rings (SSSR count). The number of carbonyl (C=O) groups is 2. The first-order valence-corrected chi connectivity index (χ1v) is 8.24. The maximum atomic E-state index is 13.0. The third-order valence-electron chi connectivity index (χ3n) is 3.96. The van der Waals surface area contributed by atoms with Crippen molar-refractivity contribution in [2.75, 3.05) is 11.4 Å². The van der Waals surface area contributed by atoms with Gasteiger partial charge in [-0.3, -0.25) is 4.79 Å². The predicted octanol–water partition coefficient (Wildman–Crippen LogP) is 3.08. The largest absolute Gasteiger partial charge is 0.334 e. The Morgan fingerprint density at radius 3 is 2.52 bits per heavy atom. The molecule has 0 saturated carbocycles. The van der Waals surface area contributed by atoms with Gasteiger partial charge in [-0.15, -0.1) is 0 Å². The van der Waals surface area contributed by atoms with Crippen molar-refractivity contribution in [3.63, 3.8) is 0 Å². The first-order chi connectivity index (χ1) is 12.0. The van der Waals surface area contributed by atoms with Gasteiger partial charge in [0.1, 0.15) is 5.82 Å². The Morgan fingerprint density at radius 2 is 1.84 bits per heavy atom. The van der Waals surface area contributed by atoms with E-state index in [9.17, 15) is 14.0 Å². The Hall–Kier alpha value is -2.60. The minimum Gasteiger partial charge on any atom is -0.334 e. The van der Waals surface area contributed by atoms with Crippen LogP contribution in [0.25, 0.3) is 0 Å². The van der Waals surface area contributed by atoms with Crippen molar-refractivity contribution in [1.82, 2.24) is 10.6 Å². The van der Waals surface area contributed by atoms with Crippen molar-refractivity contribution in [2.45, 2.75) is 19.0 Å². The minimum atomic E-state index is -0.355. The molecular weight excluding hydrogens is 345 g/mol. The van der Waals surface area contributed by atoms with E-state index < -0.39 is 0 Å². The molecule has 2 aromatic rings. The SMILES string of the molecule is O=C(NCc1ccc(Cl)cc1)N[C@@H]1CC(=O)N(c2ccc(F)cc2)C1. The van der Waals surface area contributed by atoms with Crippen molar-refractivity contribution in [1.29, 1.82) is 0 Å². The second kappa shape index (κ2) is 7.53. The number of benzene rings is 2. The number of nitrogens with one attached hydrogen (secondary N) is 2. The van der Waals surface area contributed by atoms with E-state index in [1.54, 1.807) is 29.2 Å². The lowest BCUT2D eigenvalue weighted by Crippen LogP contribution is -2.43. The van der Waals surface area contributed by atoms with Crippen LogP contribution in [0.15, 0.2) is 48.5 Å². The van der Waals surface area contributed by atoms with Crippen molar-refractivity contribution in [2.24, 2.45) is 0 Å². The fraction of sp³-hybridized carbons (Fsp3) is 0.222. The summed E-state index contributed by atoms with van der Waals surface area (Å²) in [5, 5.41) is 6.18. The molecule has 0 aliphatic carbocycles. The number of amides is 3. The number of carbonyl (C=O) groups excluding carboxylic acids is 2. The summed E-state index contributed by atoms with van der Waals surface area (Å²) >= 11 is 5.82. The van der Waals surface area contributed by atoms with Crippen molar-refractivity contribution < 1.29 is 14.0 Å². The molecule has 3 amide bonds. The number of rotatable bonds is 4. The summed E-state index contributed by atoms with van der Waals surface area (Å²) in [6, 6.07) is 12.3. The summed E-state index contributed by atoms with van der Waals surface area (Å²) in [7, 11) is 0. The maximum Gasteiger partial charge on any atom is 0.315 e. The van der Waals surface area contributed by atoms with E-state index in [2.05, 4.69) is 10.6 Å². The van der Waals surface area contributed by atoms with Crippen molar-refractivity contribution in [3.05, 3.63) is 64.9 Å². The fourth-order valence-electron chi connectivity index (χ4n) is 2.70. The molecular formula is C18H17ClFN3O2. The molecule has 1 aliphatic heterocycles. The molecule has 0 unspecified atom stereocenters. The number of halogens is 2. The average molecular weight is 362 g/mol. The molecule has 0 aromatic heterocycles. The Bertz CT molecular complexity index is 765. The van der Waals surface area contributed by atoms with Crippen LogP contribution in [-0.4, -0.2) is 24.5 Å². The van der Waals surface area contributed by atoms with E-state index in [0.29, 0.717) is 23.8 Å². The Morgan fingerprint density at radius 1 is 1.16 bits per heavy atom. The molecule has 2 N–H and O–H groups in total. The Labute approximate surface area is 149 Å². The van der Waals surface area contributed by atoms with Gasteiger partial charge in [-0.2, -0.15) is 0 Å². The summed E-state index contributed by atoms with van der Waals surface area (Å²) < 4.78 is 13.0. The molecule has 130 valence electrons. The van der Waals surface area contributed by atoms with Gasteiger partial charge in [-0.05, 0) is 42.0 Å². The molecule has 1 aliphatic rings. The monoisotopic (exact) mass is 361 g/mol. The summed E-state index contributed by atoms with van der Waals surface area (Å²) in [6.45, 7) is 0.726. The standard InChI is InChI=1S/C18H17ClFN3O2/c19-13-3-1-12(2-4-13)10-21-18(25)22-15-9-17(24)23(11-15)16-7-5-14(20)6-8-16/h1-8,15H,9-11H2,(H2,21,22,25)/t15-/m1/s1. The van der Waals surface area contributed by atoms with Crippen LogP contribution in [0.4, 0.5) is 14.9 Å². The zero-order valence-electron chi connectivity index (χ0n) is 13.3. The van der Waals surface area contributed by atoms with Gasteiger partial charge in [0.05, 0.1) is 6.04 Å². The van der Waals surface area contributed by atoms with Crippen LogP contribution < -0.4 is 15.5 Å². The number of hydrogen-bond donors (Lipinski definition) is 2. The van der Waals surface area contributed by atoms with Crippen LogP contribution in [0.3, 0.4) is 0 Å². The highest BCUT2D eigenvalue weighted by Gasteiger charge is 2.31. The number of nitrogens with zero attached hydrogens (tertiary/aromatic N) is 1. The van der Waals surface area contributed by atoms with Gasteiger partial charge in [0.15, 0.2) is 0 Å². The molecule has 7 heteroatoms.